The van der Waals surface area contributed by atoms with Crippen LogP contribution in [0.15, 0.2) is 6.20 Å². The number of carboxylic acid groups (broad SMARTS) is 1. The molecule has 0 bridgehead atoms. The van der Waals surface area contributed by atoms with Gasteiger partial charge in [0.25, 0.3) is 0 Å². The fraction of sp³-hybridized carbons (Fsp3) is 0.750. The van der Waals surface area contributed by atoms with Gasteiger partial charge in [-0.3, -0.25) is 4.68 Å². The highest BCUT2D eigenvalue weighted by Crippen LogP contribution is 2.28. The van der Waals surface area contributed by atoms with Gasteiger partial charge in [-0.15, -0.1) is 5.10 Å². The third kappa shape index (κ3) is 5.35. The summed E-state index contributed by atoms with van der Waals surface area (Å²) in [5, 5.41) is 19.2. The van der Waals surface area contributed by atoms with Crippen LogP contribution in [0.2, 0.25) is 0 Å². The summed E-state index contributed by atoms with van der Waals surface area (Å²) in [7, 11) is 0. The number of nitrogens with one attached hydrogen (secondary N) is 1. The first kappa shape index (κ1) is 14.0. The zero-order chi connectivity index (χ0) is 13.5. The van der Waals surface area contributed by atoms with Crippen LogP contribution in [0.1, 0.15) is 29.8 Å². The summed E-state index contributed by atoms with van der Waals surface area (Å²) < 4.78 is 7.05. The van der Waals surface area contributed by atoms with Gasteiger partial charge in [0.1, 0.15) is 0 Å². The monoisotopic (exact) mass is 268 g/mol. The second kappa shape index (κ2) is 7.20. The van der Waals surface area contributed by atoms with Crippen LogP contribution in [0.4, 0.5) is 0 Å². The maximum Gasteiger partial charge on any atom is 0.358 e. The SMILES string of the molecule is O=C(O)c1cn(CCNCCCOCC2CC2)nn1. The summed E-state index contributed by atoms with van der Waals surface area (Å²) in [5.41, 5.74) is -0.0199. The molecule has 0 aromatic carbocycles. The Morgan fingerprint density at radius 2 is 2.37 bits per heavy atom. The molecule has 7 heteroatoms. The summed E-state index contributed by atoms with van der Waals surface area (Å²) in [6.45, 7) is 3.96. The van der Waals surface area contributed by atoms with Crippen LogP contribution in [0.5, 0.6) is 0 Å². The topological polar surface area (TPSA) is 89.3 Å². The number of hydrogen-bond donors (Lipinski definition) is 2. The van der Waals surface area contributed by atoms with E-state index in [-0.39, 0.29) is 5.69 Å². The normalized spacial score (nSPS) is 14.7. The molecule has 1 saturated carbocycles. The zero-order valence-electron chi connectivity index (χ0n) is 10.9. The van der Waals surface area contributed by atoms with Crippen molar-refractivity contribution < 1.29 is 14.6 Å². The fourth-order valence-electron chi connectivity index (χ4n) is 1.66. The molecule has 19 heavy (non-hydrogen) atoms. The average molecular weight is 268 g/mol. The molecule has 1 aliphatic carbocycles. The number of aromatic carboxylic acids is 1. The number of carboxylic acids is 1. The maximum absolute atomic E-state index is 10.6. The zero-order valence-corrected chi connectivity index (χ0v) is 10.9. The molecule has 106 valence electrons. The molecule has 1 fully saturated rings. The van der Waals surface area contributed by atoms with E-state index in [1.807, 2.05) is 0 Å². The van der Waals surface area contributed by atoms with Gasteiger partial charge in [0.2, 0.25) is 0 Å². The van der Waals surface area contributed by atoms with Crippen LogP contribution in [-0.4, -0.2) is 52.4 Å². The van der Waals surface area contributed by atoms with Gasteiger partial charge in [-0.05, 0) is 31.7 Å². The molecule has 0 spiro atoms. The summed E-state index contributed by atoms with van der Waals surface area (Å²) in [5.74, 6) is -0.226. The second-order valence-corrected chi connectivity index (χ2v) is 4.79. The molecule has 0 atom stereocenters. The Kier molecular flexibility index (Phi) is 5.29. The summed E-state index contributed by atoms with van der Waals surface area (Å²) in [6.07, 6.45) is 5.08. The highest BCUT2D eigenvalue weighted by atomic mass is 16.5. The largest absolute Gasteiger partial charge is 0.476 e. The smallest absolute Gasteiger partial charge is 0.358 e. The molecule has 0 saturated heterocycles. The maximum atomic E-state index is 10.6. The van der Waals surface area contributed by atoms with E-state index in [2.05, 4.69) is 15.6 Å². The van der Waals surface area contributed by atoms with Crippen LogP contribution in [0.25, 0.3) is 0 Å². The number of hydrogen-bond acceptors (Lipinski definition) is 5. The highest BCUT2D eigenvalue weighted by molar-refractivity contribution is 5.84. The molecule has 7 nitrogen and oxygen atoms in total. The lowest BCUT2D eigenvalue weighted by Gasteiger charge is -2.05. The second-order valence-electron chi connectivity index (χ2n) is 4.79. The Morgan fingerprint density at radius 3 is 3.05 bits per heavy atom. The van der Waals surface area contributed by atoms with Gasteiger partial charge in [-0.2, -0.15) is 0 Å². The lowest BCUT2D eigenvalue weighted by molar-refractivity contribution is 0.0690. The van der Waals surface area contributed by atoms with Gasteiger partial charge < -0.3 is 15.2 Å². The van der Waals surface area contributed by atoms with Gasteiger partial charge in [0, 0.05) is 19.8 Å². The fourth-order valence-corrected chi connectivity index (χ4v) is 1.66. The van der Waals surface area contributed by atoms with Crippen molar-refractivity contribution in [2.75, 3.05) is 26.3 Å². The minimum atomic E-state index is -1.05. The van der Waals surface area contributed by atoms with E-state index in [0.29, 0.717) is 6.54 Å². The Bertz CT molecular complexity index is 403. The number of aromatic nitrogens is 3. The third-order valence-electron chi connectivity index (χ3n) is 2.97. The molecule has 2 N–H and O–H groups in total. The summed E-state index contributed by atoms with van der Waals surface area (Å²) >= 11 is 0. The summed E-state index contributed by atoms with van der Waals surface area (Å²) in [6, 6.07) is 0. The van der Waals surface area contributed by atoms with Crippen LogP contribution < -0.4 is 5.32 Å². The van der Waals surface area contributed by atoms with E-state index in [0.717, 1.165) is 38.6 Å². The number of ether oxygens (including phenoxy) is 1. The van der Waals surface area contributed by atoms with Crippen molar-refractivity contribution in [3.8, 4) is 0 Å². The Morgan fingerprint density at radius 1 is 1.53 bits per heavy atom. The van der Waals surface area contributed by atoms with Gasteiger partial charge in [-0.1, -0.05) is 5.21 Å². The highest BCUT2D eigenvalue weighted by Gasteiger charge is 2.20. The first-order valence-electron chi connectivity index (χ1n) is 6.67. The minimum absolute atomic E-state index is 0.0199. The van der Waals surface area contributed by atoms with Gasteiger partial charge in [-0.25, -0.2) is 4.79 Å². The predicted molar refractivity (Wildman–Crippen MR) is 68.0 cm³/mol. The van der Waals surface area contributed by atoms with Gasteiger partial charge >= 0.3 is 5.97 Å². The molecule has 1 heterocycles. The quantitative estimate of drug-likeness (QED) is 0.596. The van der Waals surface area contributed by atoms with Crippen LogP contribution in [0.3, 0.4) is 0 Å². The standard InChI is InChI=1S/C12H20N4O3/c17-12(18)11-8-16(15-14-11)6-5-13-4-1-7-19-9-10-2-3-10/h8,10,13H,1-7,9H2,(H,17,18). The van der Waals surface area contributed by atoms with Crippen molar-refractivity contribution >= 4 is 5.97 Å². The number of carbonyl (C=O) groups is 1. The first-order valence-corrected chi connectivity index (χ1v) is 6.67. The minimum Gasteiger partial charge on any atom is -0.476 e. The van der Waals surface area contributed by atoms with Crippen molar-refractivity contribution in [2.45, 2.75) is 25.8 Å². The molecule has 1 aromatic rings. The Labute approximate surface area is 111 Å². The molecule has 1 aromatic heterocycles. The van der Waals surface area contributed by atoms with Gasteiger partial charge in [0.05, 0.1) is 12.7 Å². The van der Waals surface area contributed by atoms with Crippen molar-refractivity contribution in [3.05, 3.63) is 11.9 Å². The molecule has 0 amide bonds. The molecule has 0 aliphatic heterocycles. The van der Waals surface area contributed by atoms with Crippen molar-refractivity contribution in [1.82, 2.24) is 20.3 Å². The van der Waals surface area contributed by atoms with E-state index in [9.17, 15) is 4.79 Å². The van der Waals surface area contributed by atoms with Crippen LogP contribution in [0, 0.1) is 5.92 Å². The molecular weight excluding hydrogens is 248 g/mol. The molecule has 1 aliphatic rings. The number of nitrogens with zero attached hydrogens (tertiary/aromatic N) is 3. The van der Waals surface area contributed by atoms with E-state index in [1.54, 1.807) is 0 Å². The number of rotatable bonds is 10. The lowest BCUT2D eigenvalue weighted by atomic mass is 10.4. The molecular formula is C12H20N4O3. The summed E-state index contributed by atoms with van der Waals surface area (Å²) in [4.78, 5) is 10.6. The van der Waals surface area contributed by atoms with E-state index in [4.69, 9.17) is 9.84 Å². The van der Waals surface area contributed by atoms with E-state index < -0.39 is 5.97 Å². The van der Waals surface area contributed by atoms with Crippen molar-refractivity contribution in [1.29, 1.82) is 0 Å². The van der Waals surface area contributed by atoms with E-state index >= 15 is 0 Å². The molecule has 0 radical (unpaired) electrons. The predicted octanol–water partition coefficient (Wildman–Crippen LogP) is 0.383. The Balaban J connectivity index is 1.45. The first-order chi connectivity index (χ1) is 9.25. The lowest BCUT2D eigenvalue weighted by Crippen LogP contribution is -2.22. The molecule has 0 unspecified atom stereocenters. The third-order valence-corrected chi connectivity index (χ3v) is 2.97. The van der Waals surface area contributed by atoms with Crippen molar-refractivity contribution in [3.63, 3.8) is 0 Å². The van der Waals surface area contributed by atoms with Gasteiger partial charge in [0.15, 0.2) is 5.69 Å². The Hall–Kier alpha value is -1.47. The average Bonchev–Trinajstić information content (AvgIpc) is 3.08. The van der Waals surface area contributed by atoms with Crippen LogP contribution >= 0.6 is 0 Å². The van der Waals surface area contributed by atoms with Crippen molar-refractivity contribution in [2.24, 2.45) is 5.92 Å². The van der Waals surface area contributed by atoms with Crippen LogP contribution in [-0.2, 0) is 11.3 Å². The molecule has 2 rings (SSSR count). The van der Waals surface area contributed by atoms with E-state index in [1.165, 1.54) is 23.7 Å².